The summed E-state index contributed by atoms with van der Waals surface area (Å²) in [4.78, 5) is 2.14. The van der Waals surface area contributed by atoms with Crippen molar-refractivity contribution >= 4 is 11.4 Å². The maximum Gasteiger partial charge on any atom is 0.250 e. The van der Waals surface area contributed by atoms with Crippen LogP contribution in [0.3, 0.4) is 0 Å². The normalized spacial score (nSPS) is 13.1. The molecule has 1 atom stereocenters. The second-order valence-electron chi connectivity index (χ2n) is 8.38. The van der Waals surface area contributed by atoms with Gasteiger partial charge < -0.3 is 14.4 Å². The fourth-order valence-corrected chi connectivity index (χ4v) is 3.88. The number of benzene rings is 3. The third-order valence-corrected chi connectivity index (χ3v) is 6.01. The quantitative estimate of drug-likeness (QED) is 0.308. The van der Waals surface area contributed by atoms with Gasteiger partial charge in [0.25, 0.3) is 0 Å². The van der Waals surface area contributed by atoms with E-state index >= 15 is 0 Å². The van der Waals surface area contributed by atoms with E-state index in [0.29, 0.717) is 17.9 Å². The lowest BCUT2D eigenvalue weighted by Gasteiger charge is -2.29. The number of anilines is 2. The standard InChI is InChI=1S/C28H33F2NO2/c1-5-22-11-7-8-13-26(22)31(4)24-12-9-10-21(18-24)19-32-20-28(3,27(29)30)23-14-16-25(17-15-23)33-6-2/h7-18,27H,5-6,19-20H2,1-4H3. The van der Waals surface area contributed by atoms with Crippen LogP contribution < -0.4 is 9.64 Å². The second-order valence-corrected chi connectivity index (χ2v) is 8.38. The molecule has 3 aromatic carbocycles. The fourth-order valence-electron chi connectivity index (χ4n) is 3.88. The highest BCUT2D eigenvalue weighted by Gasteiger charge is 2.37. The molecule has 3 nitrogen and oxygen atoms in total. The molecule has 0 aromatic heterocycles. The van der Waals surface area contributed by atoms with E-state index in [1.54, 1.807) is 31.2 Å². The zero-order valence-electron chi connectivity index (χ0n) is 19.9. The molecule has 0 aliphatic rings. The average molecular weight is 454 g/mol. The summed E-state index contributed by atoms with van der Waals surface area (Å²) >= 11 is 0. The molecule has 0 amide bonds. The van der Waals surface area contributed by atoms with E-state index in [2.05, 4.69) is 24.0 Å². The third kappa shape index (κ3) is 5.91. The van der Waals surface area contributed by atoms with E-state index in [0.717, 1.165) is 23.4 Å². The lowest BCUT2D eigenvalue weighted by atomic mass is 9.83. The number of para-hydroxylation sites is 1. The Kier molecular flexibility index (Phi) is 8.45. The molecule has 1 unspecified atom stereocenters. The predicted octanol–water partition coefficient (Wildman–Crippen LogP) is 7.16. The van der Waals surface area contributed by atoms with Gasteiger partial charge in [0.2, 0.25) is 6.43 Å². The molecule has 176 valence electrons. The van der Waals surface area contributed by atoms with Crippen molar-refractivity contribution in [2.24, 2.45) is 0 Å². The summed E-state index contributed by atoms with van der Waals surface area (Å²) in [5.41, 5.74) is 3.52. The van der Waals surface area contributed by atoms with Crippen LogP contribution in [-0.2, 0) is 23.2 Å². The molecule has 0 fully saturated rings. The highest BCUT2D eigenvalue weighted by atomic mass is 19.3. The summed E-state index contributed by atoms with van der Waals surface area (Å²) in [6.07, 6.45) is -1.61. The lowest BCUT2D eigenvalue weighted by Crippen LogP contribution is -2.36. The van der Waals surface area contributed by atoms with E-state index < -0.39 is 11.8 Å². The van der Waals surface area contributed by atoms with Crippen LogP contribution in [0.2, 0.25) is 0 Å². The summed E-state index contributed by atoms with van der Waals surface area (Å²) < 4.78 is 39.4. The number of rotatable bonds is 11. The Hall–Kier alpha value is -2.92. The fraction of sp³-hybridized carbons (Fsp3) is 0.357. The number of hydrogen-bond donors (Lipinski definition) is 0. The molecular formula is C28H33F2NO2. The van der Waals surface area contributed by atoms with Gasteiger partial charge in [0.1, 0.15) is 5.75 Å². The van der Waals surface area contributed by atoms with Crippen LogP contribution in [0.4, 0.5) is 20.2 Å². The van der Waals surface area contributed by atoms with Crippen molar-refractivity contribution in [2.75, 3.05) is 25.2 Å². The van der Waals surface area contributed by atoms with Gasteiger partial charge in [-0.05, 0) is 67.3 Å². The smallest absolute Gasteiger partial charge is 0.250 e. The molecule has 0 saturated heterocycles. The Morgan fingerprint density at radius 2 is 1.67 bits per heavy atom. The van der Waals surface area contributed by atoms with Gasteiger partial charge in [0, 0.05) is 18.4 Å². The summed E-state index contributed by atoms with van der Waals surface area (Å²) in [5, 5.41) is 0. The van der Waals surface area contributed by atoms with E-state index in [4.69, 9.17) is 9.47 Å². The van der Waals surface area contributed by atoms with Gasteiger partial charge in [-0.15, -0.1) is 0 Å². The molecule has 3 rings (SSSR count). The van der Waals surface area contributed by atoms with Crippen LogP contribution in [0.15, 0.2) is 72.8 Å². The first-order valence-electron chi connectivity index (χ1n) is 11.4. The van der Waals surface area contributed by atoms with Crippen molar-refractivity contribution in [3.63, 3.8) is 0 Å². The van der Waals surface area contributed by atoms with Crippen molar-refractivity contribution in [1.82, 2.24) is 0 Å². The highest BCUT2D eigenvalue weighted by molar-refractivity contribution is 5.66. The Morgan fingerprint density at radius 1 is 0.939 bits per heavy atom. The molecule has 0 aliphatic carbocycles. The molecular weight excluding hydrogens is 420 g/mol. The molecule has 0 bridgehead atoms. The summed E-state index contributed by atoms with van der Waals surface area (Å²) in [6, 6.07) is 23.2. The molecule has 0 aliphatic heterocycles. The topological polar surface area (TPSA) is 21.7 Å². The number of hydrogen-bond acceptors (Lipinski definition) is 3. The van der Waals surface area contributed by atoms with Crippen LogP contribution in [0.5, 0.6) is 5.75 Å². The Morgan fingerprint density at radius 3 is 2.33 bits per heavy atom. The lowest BCUT2D eigenvalue weighted by molar-refractivity contribution is -0.0128. The van der Waals surface area contributed by atoms with Gasteiger partial charge >= 0.3 is 0 Å². The van der Waals surface area contributed by atoms with Crippen molar-refractivity contribution in [2.45, 2.75) is 45.6 Å². The summed E-state index contributed by atoms with van der Waals surface area (Å²) in [6.45, 7) is 6.28. The van der Waals surface area contributed by atoms with Crippen molar-refractivity contribution < 1.29 is 18.3 Å². The average Bonchev–Trinajstić information content (AvgIpc) is 2.84. The maximum atomic E-state index is 14.1. The molecule has 0 spiro atoms. The first kappa shape index (κ1) is 24.7. The minimum Gasteiger partial charge on any atom is -0.494 e. The van der Waals surface area contributed by atoms with Crippen molar-refractivity contribution in [3.8, 4) is 5.75 Å². The SMILES string of the molecule is CCOc1ccc(C(C)(COCc2cccc(N(C)c3ccccc3CC)c2)C(F)F)cc1. The first-order chi connectivity index (χ1) is 15.9. The minimum absolute atomic E-state index is 0.0859. The zero-order chi connectivity index (χ0) is 23.8. The maximum absolute atomic E-state index is 14.1. The number of aryl methyl sites for hydroxylation is 1. The Balaban J connectivity index is 1.70. The summed E-state index contributed by atoms with van der Waals surface area (Å²) in [7, 11) is 2.04. The molecule has 0 N–H and O–H groups in total. The molecule has 5 heteroatoms. The van der Waals surface area contributed by atoms with E-state index in [1.807, 2.05) is 50.4 Å². The van der Waals surface area contributed by atoms with Crippen LogP contribution in [0.1, 0.15) is 37.5 Å². The molecule has 3 aromatic rings. The molecule has 0 heterocycles. The molecule has 0 radical (unpaired) electrons. The monoisotopic (exact) mass is 453 g/mol. The second kappa shape index (κ2) is 11.3. The minimum atomic E-state index is -2.56. The van der Waals surface area contributed by atoms with Gasteiger partial charge in [-0.2, -0.15) is 0 Å². The van der Waals surface area contributed by atoms with Gasteiger partial charge in [-0.25, -0.2) is 8.78 Å². The highest BCUT2D eigenvalue weighted by Crippen LogP contribution is 2.33. The van der Waals surface area contributed by atoms with Gasteiger partial charge in [-0.3, -0.25) is 0 Å². The van der Waals surface area contributed by atoms with Gasteiger partial charge in [-0.1, -0.05) is 49.4 Å². The Labute approximate surface area is 196 Å². The Bertz CT molecular complexity index is 1020. The van der Waals surface area contributed by atoms with Crippen LogP contribution in [0.25, 0.3) is 0 Å². The van der Waals surface area contributed by atoms with Crippen LogP contribution in [-0.4, -0.2) is 26.7 Å². The zero-order valence-corrected chi connectivity index (χ0v) is 19.9. The van der Waals surface area contributed by atoms with Crippen molar-refractivity contribution in [1.29, 1.82) is 0 Å². The van der Waals surface area contributed by atoms with Crippen LogP contribution >= 0.6 is 0 Å². The van der Waals surface area contributed by atoms with E-state index in [1.165, 1.54) is 5.56 Å². The van der Waals surface area contributed by atoms with Crippen LogP contribution in [0, 0.1) is 0 Å². The number of nitrogens with zero attached hydrogens (tertiary/aromatic N) is 1. The third-order valence-electron chi connectivity index (χ3n) is 6.01. The number of ether oxygens (including phenoxy) is 2. The van der Waals surface area contributed by atoms with Crippen molar-refractivity contribution in [3.05, 3.63) is 89.5 Å². The van der Waals surface area contributed by atoms with Gasteiger partial charge in [0.15, 0.2) is 0 Å². The molecule has 33 heavy (non-hydrogen) atoms. The number of alkyl halides is 2. The number of halogens is 2. The predicted molar refractivity (Wildman–Crippen MR) is 131 cm³/mol. The molecule has 0 saturated carbocycles. The first-order valence-corrected chi connectivity index (χ1v) is 11.4. The summed E-state index contributed by atoms with van der Waals surface area (Å²) in [5.74, 6) is 0.671. The van der Waals surface area contributed by atoms with Gasteiger partial charge in [0.05, 0.1) is 25.2 Å². The van der Waals surface area contributed by atoms with E-state index in [9.17, 15) is 8.78 Å². The van der Waals surface area contributed by atoms with E-state index in [-0.39, 0.29) is 13.2 Å². The largest absolute Gasteiger partial charge is 0.494 e.